The van der Waals surface area contributed by atoms with Crippen molar-refractivity contribution >= 4 is 0 Å². The van der Waals surface area contributed by atoms with Crippen LogP contribution in [0.3, 0.4) is 0 Å². The summed E-state index contributed by atoms with van der Waals surface area (Å²) in [6.45, 7) is 7.93. The molecule has 1 fully saturated rings. The van der Waals surface area contributed by atoms with Gasteiger partial charge in [0.2, 0.25) is 11.7 Å². The monoisotopic (exact) mass is 301 g/mol. The molecule has 118 valence electrons. The molecule has 5 nitrogen and oxygen atoms in total. The van der Waals surface area contributed by atoms with Crippen molar-refractivity contribution in [3.63, 3.8) is 0 Å². The number of benzene rings is 1. The summed E-state index contributed by atoms with van der Waals surface area (Å²) in [5, 5.41) is 4.09. The van der Waals surface area contributed by atoms with Gasteiger partial charge in [0.05, 0.1) is 13.2 Å². The lowest BCUT2D eigenvalue weighted by molar-refractivity contribution is 0.165. The summed E-state index contributed by atoms with van der Waals surface area (Å²) < 4.78 is 10.8. The minimum absolute atomic E-state index is 0.642. The van der Waals surface area contributed by atoms with Crippen LogP contribution in [0.25, 0.3) is 11.4 Å². The third-order valence-corrected chi connectivity index (χ3v) is 4.13. The van der Waals surface area contributed by atoms with Crippen molar-refractivity contribution in [2.24, 2.45) is 5.92 Å². The molecule has 22 heavy (non-hydrogen) atoms. The average Bonchev–Trinajstić information content (AvgIpc) is 2.99. The Morgan fingerprint density at radius 2 is 1.95 bits per heavy atom. The van der Waals surface area contributed by atoms with Crippen molar-refractivity contribution in [3.8, 4) is 17.1 Å². The maximum Gasteiger partial charge on any atom is 0.241 e. The van der Waals surface area contributed by atoms with Crippen LogP contribution >= 0.6 is 0 Å². The highest BCUT2D eigenvalue weighted by molar-refractivity contribution is 5.55. The summed E-state index contributed by atoms with van der Waals surface area (Å²) in [5.74, 6) is 3.03. The quantitative estimate of drug-likeness (QED) is 0.847. The summed E-state index contributed by atoms with van der Waals surface area (Å²) in [4.78, 5) is 6.89. The third-order valence-electron chi connectivity index (χ3n) is 4.13. The molecule has 0 unspecified atom stereocenters. The first-order valence-corrected chi connectivity index (χ1v) is 8.02. The van der Waals surface area contributed by atoms with Gasteiger partial charge in [0.25, 0.3) is 0 Å². The standard InChI is InChI=1S/C17H23N3O2/c1-3-21-15-6-4-14(5-7-15)17-18-16(22-19-17)12-20-10-8-13(2)9-11-20/h4-7,13H,3,8-12H2,1-2H3. The molecule has 0 spiro atoms. The lowest BCUT2D eigenvalue weighted by Crippen LogP contribution is -2.32. The van der Waals surface area contributed by atoms with Crippen LogP contribution in [0.2, 0.25) is 0 Å². The molecule has 2 aromatic rings. The zero-order valence-electron chi connectivity index (χ0n) is 13.3. The van der Waals surface area contributed by atoms with E-state index in [1.807, 2.05) is 31.2 Å². The van der Waals surface area contributed by atoms with Crippen molar-refractivity contribution in [2.45, 2.75) is 33.2 Å². The Balaban J connectivity index is 1.63. The van der Waals surface area contributed by atoms with Gasteiger partial charge in [-0.1, -0.05) is 12.1 Å². The maximum absolute atomic E-state index is 5.44. The van der Waals surface area contributed by atoms with Crippen LogP contribution in [0.1, 0.15) is 32.6 Å². The highest BCUT2D eigenvalue weighted by atomic mass is 16.5. The van der Waals surface area contributed by atoms with Gasteiger partial charge in [0.15, 0.2) is 0 Å². The smallest absolute Gasteiger partial charge is 0.241 e. The molecule has 1 aromatic carbocycles. The first-order chi connectivity index (χ1) is 10.7. The normalized spacial score (nSPS) is 16.8. The van der Waals surface area contributed by atoms with E-state index >= 15 is 0 Å². The van der Waals surface area contributed by atoms with E-state index in [-0.39, 0.29) is 0 Å². The molecule has 0 radical (unpaired) electrons. The largest absolute Gasteiger partial charge is 0.494 e. The van der Waals surface area contributed by atoms with Crippen LogP contribution in [0, 0.1) is 5.92 Å². The fourth-order valence-electron chi connectivity index (χ4n) is 2.71. The SMILES string of the molecule is CCOc1ccc(-c2noc(CN3CCC(C)CC3)n2)cc1. The molecular formula is C17H23N3O2. The van der Waals surface area contributed by atoms with Crippen LogP contribution in [0.4, 0.5) is 0 Å². The maximum atomic E-state index is 5.44. The summed E-state index contributed by atoms with van der Waals surface area (Å²) in [6.07, 6.45) is 2.50. The van der Waals surface area contributed by atoms with E-state index in [1.54, 1.807) is 0 Å². The Labute approximate surface area is 131 Å². The van der Waals surface area contributed by atoms with Crippen molar-refractivity contribution in [2.75, 3.05) is 19.7 Å². The second kappa shape index (κ2) is 6.92. The van der Waals surface area contributed by atoms with Crippen molar-refractivity contribution in [3.05, 3.63) is 30.2 Å². The topological polar surface area (TPSA) is 51.4 Å². The summed E-state index contributed by atoms with van der Waals surface area (Å²) >= 11 is 0. The van der Waals surface area contributed by atoms with E-state index in [0.29, 0.717) is 18.3 Å². The molecule has 2 heterocycles. The van der Waals surface area contributed by atoms with Crippen LogP contribution in [-0.4, -0.2) is 34.7 Å². The number of hydrogen-bond donors (Lipinski definition) is 0. The Bertz CT molecular complexity index is 586. The number of piperidine rings is 1. The number of rotatable bonds is 5. The van der Waals surface area contributed by atoms with Crippen LogP contribution < -0.4 is 4.74 Å². The molecule has 5 heteroatoms. The Hall–Kier alpha value is -1.88. The zero-order valence-corrected chi connectivity index (χ0v) is 13.3. The molecule has 0 N–H and O–H groups in total. The van der Waals surface area contributed by atoms with Crippen molar-refractivity contribution in [1.82, 2.24) is 15.0 Å². The fourth-order valence-corrected chi connectivity index (χ4v) is 2.71. The molecule has 0 bridgehead atoms. The molecule has 1 aromatic heterocycles. The van der Waals surface area contributed by atoms with E-state index in [9.17, 15) is 0 Å². The molecule has 0 aliphatic carbocycles. The minimum atomic E-state index is 0.642. The van der Waals surface area contributed by atoms with E-state index in [2.05, 4.69) is 22.0 Å². The Morgan fingerprint density at radius 3 is 2.64 bits per heavy atom. The number of nitrogens with zero attached hydrogens (tertiary/aromatic N) is 3. The van der Waals surface area contributed by atoms with E-state index in [4.69, 9.17) is 9.26 Å². The van der Waals surface area contributed by atoms with Crippen LogP contribution in [-0.2, 0) is 6.54 Å². The molecule has 0 atom stereocenters. The van der Waals surface area contributed by atoms with Gasteiger partial charge in [-0.2, -0.15) is 4.98 Å². The molecule has 0 amide bonds. The molecule has 1 aliphatic rings. The zero-order chi connectivity index (χ0) is 15.4. The number of aromatic nitrogens is 2. The minimum Gasteiger partial charge on any atom is -0.494 e. The van der Waals surface area contributed by atoms with Crippen LogP contribution in [0.15, 0.2) is 28.8 Å². The first-order valence-electron chi connectivity index (χ1n) is 8.02. The van der Waals surface area contributed by atoms with E-state index in [1.165, 1.54) is 12.8 Å². The van der Waals surface area contributed by atoms with E-state index < -0.39 is 0 Å². The Morgan fingerprint density at radius 1 is 1.23 bits per heavy atom. The summed E-state index contributed by atoms with van der Waals surface area (Å²) in [5.41, 5.74) is 0.950. The van der Waals surface area contributed by atoms with Crippen LogP contribution in [0.5, 0.6) is 5.75 Å². The van der Waals surface area contributed by atoms with Gasteiger partial charge in [0, 0.05) is 5.56 Å². The van der Waals surface area contributed by atoms with Gasteiger partial charge >= 0.3 is 0 Å². The molecule has 0 saturated carbocycles. The number of likely N-dealkylation sites (tertiary alicyclic amines) is 1. The van der Waals surface area contributed by atoms with Gasteiger partial charge in [-0.05, 0) is 63.0 Å². The molecule has 1 aliphatic heterocycles. The Kier molecular flexibility index (Phi) is 4.73. The van der Waals surface area contributed by atoms with Gasteiger partial charge < -0.3 is 9.26 Å². The molecular weight excluding hydrogens is 278 g/mol. The molecule has 3 rings (SSSR count). The number of ether oxygens (including phenoxy) is 1. The summed E-state index contributed by atoms with van der Waals surface area (Å²) in [6, 6.07) is 7.78. The first kappa shape index (κ1) is 15.0. The molecule has 1 saturated heterocycles. The highest BCUT2D eigenvalue weighted by Gasteiger charge is 2.18. The predicted molar refractivity (Wildman–Crippen MR) is 84.6 cm³/mol. The van der Waals surface area contributed by atoms with Crippen molar-refractivity contribution in [1.29, 1.82) is 0 Å². The van der Waals surface area contributed by atoms with Crippen molar-refractivity contribution < 1.29 is 9.26 Å². The van der Waals surface area contributed by atoms with Gasteiger partial charge in [-0.3, -0.25) is 4.90 Å². The fraction of sp³-hybridized carbons (Fsp3) is 0.529. The highest BCUT2D eigenvalue weighted by Crippen LogP contribution is 2.21. The average molecular weight is 301 g/mol. The van der Waals surface area contributed by atoms with Gasteiger partial charge in [-0.15, -0.1) is 0 Å². The lowest BCUT2D eigenvalue weighted by atomic mass is 9.99. The summed E-state index contributed by atoms with van der Waals surface area (Å²) in [7, 11) is 0. The second-order valence-electron chi connectivity index (χ2n) is 5.93. The van der Waals surface area contributed by atoms with E-state index in [0.717, 1.165) is 36.9 Å². The lowest BCUT2D eigenvalue weighted by Gasteiger charge is -2.28. The predicted octanol–water partition coefficient (Wildman–Crippen LogP) is 3.37. The van der Waals surface area contributed by atoms with Gasteiger partial charge in [0.1, 0.15) is 5.75 Å². The third kappa shape index (κ3) is 3.65. The number of hydrogen-bond acceptors (Lipinski definition) is 5. The van der Waals surface area contributed by atoms with Gasteiger partial charge in [-0.25, -0.2) is 0 Å². The second-order valence-corrected chi connectivity index (χ2v) is 5.93.